The van der Waals surface area contributed by atoms with Crippen LogP contribution in [0.1, 0.15) is 23.9 Å². The number of benzene rings is 2. The van der Waals surface area contributed by atoms with Crippen LogP contribution in [0.3, 0.4) is 0 Å². The Morgan fingerprint density at radius 2 is 1.47 bits per heavy atom. The van der Waals surface area contributed by atoms with Crippen LogP contribution in [0.2, 0.25) is 0 Å². The quantitative estimate of drug-likeness (QED) is 0.515. The topological polar surface area (TPSA) is 75.9 Å². The van der Waals surface area contributed by atoms with E-state index >= 15 is 0 Å². The average molecular weight is 403 g/mol. The fourth-order valence-corrected chi connectivity index (χ4v) is 3.79. The van der Waals surface area contributed by atoms with E-state index in [4.69, 9.17) is 4.98 Å². The molecule has 0 aliphatic carbocycles. The molecule has 7 heteroatoms. The van der Waals surface area contributed by atoms with Gasteiger partial charge in [-0.2, -0.15) is 0 Å². The van der Waals surface area contributed by atoms with E-state index in [1.807, 2.05) is 47.9 Å². The number of imidazole rings is 1. The number of rotatable bonds is 7. The smallest absolute Gasteiger partial charge is 0.321 e. The molecule has 0 fully saturated rings. The molecule has 0 spiro atoms. The van der Waals surface area contributed by atoms with Gasteiger partial charge in [0.05, 0.1) is 6.54 Å². The van der Waals surface area contributed by atoms with Gasteiger partial charge in [0.2, 0.25) is 0 Å². The highest BCUT2D eigenvalue weighted by molar-refractivity contribution is 5.70. The molecule has 4 rings (SSSR count). The minimum atomic E-state index is -0.453. The molecule has 0 aliphatic rings. The van der Waals surface area contributed by atoms with Crippen LogP contribution in [0.4, 0.5) is 0 Å². The first kappa shape index (κ1) is 19.8. The largest absolute Gasteiger partial charge is 0.329 e. The van der Waals surface area contributed by atoms with E-state index in [0.717, 1.165) is 18.9 Å². The van der Waals surface area contributed by atoms with E-state index in [0.29, 0.717) is 24.3 Å². The fraction of sp³-hybridized carbons (Fsp3) is 0.261. The number of fused-ring (bicyclic) bond motifs is 1. The minimum Gasteiger partial charge on any atom is -0.321 e. The zero-order chi connectivity index (χ0) is 21.1. The van der Waals surface area contributed by atoms with Crippen LogP contribution in [-0.4, -0.2) is 24.0 Å². The lowest BCUT2D eigenvalue weighted by Gasteiger charge is -2.22. The predicted molar refractivity (Wildman–Crippen MR) is 117 cm³/mol. The zero-order valence-corrected chi connectivity index (χ0v) is 17.2. The molecule has 30 heavy (non-hydrogen) atoms. The number of aryl methyl sites for hydroxylation is 2. The second kappa shape index (κ2) is 8.51. The van der Waals surface area contributed by atoms with Gasteiger partial charge < -0.3 is 4.57 Å². The van der Waals surface area contributed by atoms with Crippen molar-refractivity contribution in [3.05, 3.63) is 98.5 Å². The summed E-state index contributed by atoms with van der Waals surface area (Å²) in [6, 6.07) is 20.6. The molecule has 0 bridgehead atoms. The predicted octanol–water partition coefficient (Wildman–Crippen LogP) is 2.65. The van der Waals surface area contributed by atoms with Crippen molar-refractivity contribution in [1.29, 1.82) is 0 Å². The molecule has 0 unspecified atom stereocenters. The first-order valence-corrected chi connectivity index (χ1v) is 10.1. The summed E-state index contributed by atoms with van der Waals surface area (Å²) >= 11 is 0. The number of H-pyrrole nitrogens is 1. The molecule has 7 nitrogen and oxygen atoms in total. The van der Waals surface area contributed by atoms with Crippen molar-refractivity contribution < 1.29 is 0 Å². The third-order valence-corrected chi connectivity index (χ3v) is 5.27. The van der Waals surface area contributed by atoms with Gasteiger partial charge in [-0.05, 0) is 18.1 Å². The van der Waals surface area contributed by atoms with Gasteiger partial charge in [-0.25, -0.2) is 9.78 Å². The van der Waals surface area contributed by atoms with Crippen LogP contribution < -0.4 is 11.2 Å². The van der Waals surface area contributed by atoms with Gasteiger partial charge in [0.1, 0.15) is 5.82 Å². The Labute approximate surface area is 174 Å². The Balaban J connectivity index is 1.74. The van der Waals surface area contributed by atoms with Gasteiger partial charge in [0.25, 0.3) is 5.56 Å². The fourth-order valence-electron chi connectivity index (χ4n) is 3.79. The Hall–Kier alpha value is -3.45. The molecule has 0 atom stereocenters. The van der Waals surface area contributed by atoms with Gasteiger partial charge >= 0.3 is 5.69 Å². The van der Waals surface area contributed by atoms with Crippen LogP contribution in [0, 0.1) is 0 Å². The van der Waals surface area contributed by atoms with Crippen LogP contribution in [0.5, 0.6) is 0 Å². The third kappa shape index (κ3) is 3.97. The summed E-state index contributed by atoms with van der Waals surface area (Å²) in [5.41, 5.74) is 2.42. The lowest BCUT2D eigenvalue weighted by atomic mass is 10.1. The number of nitrogens with zero attached hydrogens (tertiary/aromatic N) is 4. The minimum absolute atomic E-state index is 0.397. The standard InChI is InChI=1S/C23H25N5O2/c1-3-28-19(24-21-20(28)22(29)25-23(30)26(21)2)16-27(14-17-10-6-4-7-11-17)15-18-12-8-5-9-13-18/h4-13H,3,14-16H2,1-2H3,(H,25,29,30). The van der Waals surface area contributed by atoms with E-state index < -0.39 is 11.2 Å². The molecule has 154 valence electrons. The molecule has 0 amide bonds. The average Bonchev–Trinajstić information content (AvgIpc) is 3.12. The van der Waals surface area contributed by atoms with Gasteiger partial charge in [0, 0.05) is 26.7 Å². The normalized spacial score (nSPS) is 11.4. The Bertz CT molecular complexity index is 1210. The molecular formula is C23H25N5O2. The molecule has 2 heterocycles. The summed E-state index contributed by atoms with van der Waals surface area (Å²) in [4.78, 5) is 33.9. The van der Waals surface area contributed by atoms with Crippen LogP contribution in [-0.2, 0) is 33.2 Å². The summed E-state index contributed by atoms with van der Waals surface area (Å²) in [5, 5.41) is 0. The highest BCUT2D eigenvalue weighted by atomic mass is 16.2. The van der Waals surface area contributed by atoms with Crippen LogP contribution in [0.15, 0.2) is 70.3 Å². The van der Waals surface area contributed by atoms with E-state index in [-0.39, 0.29) is 0 Å². The van der Waals surface area contributed by atoms with Gasteiger partial charge in [-0.3, -0.25) is 19.2 Å². The van der Waals surface area contributed by atoms with Gasteiger partial charge in [-0.1, -0.05) is 60.7 Å². The summed E-state index contributed by atoms with van der Waals surface area (Å²) in [6.07, 6.45) is 0. The molecule has 2 aromatic carbocycles. The molecule has 4 aromatic rings. The van der Waals surface area contributed by atoms with Crippen molar-refractivity contribution in [3.8, 4) is 0 Å². The lowest BCUT2D eigenvalue weighted by molar-refractivity contribution is 0.238. The summed E-state index contributed by atoms with van der Waals surface area (Å²) in [7, 11) is 1.63. The Morgan fingerprint density at radius 1 is 0.900 bits per heavy atom. The van der Waals surface area contributed by atoms with Crippen molar-refractivity contribution in [2.24, 2.45) is 7.05 Å². The van der Waals surface area contributed by atoms with Gasteiger partial charge in [-0.15, -0.1) is 0 Å². The van der Waals surface area contributed by atoms with Crippen LogP contribution >= 0.6 is 0 Å². The highest BCUT2D eigenvalue weighted by Gasteiger charge is 2.19. The molecule has 0 saturated carbocycles. The van der Waals surface area contributed by atoms with Crippen molar-refractivity contribution in [3.63, 3.8) is 0 Å². The van der Waals surface area contributed by atoms with E-state index in [1.54, 1.807) is 7.05 Å². The summed E-state index contributed by atoms with van der Waals surface area (Å²) in [5.74, 6) is 0.770. The molecular weight excluding hydrogens is 378 g/mol. The highest BCUT2D eigenvalue weighted by Crippen LogP contribution is 2.17. The molecule has 0 saturated heterocycles. The summed E-state index contributed by atoms with van der Waals surface area (Å²) in [6.45, 7) is 4.63. The number of hydrogen-bond donors (Lipinski definition) is 1. The maximum Gasteiger partial charge on any atom is 0.329 e. The number of hydrogen-bond acceptors (Lipinski definition) is 4. The monoisotopic (exact) mass is 403 g/mol. The summed E-state index contributed by atoms with van der Waals surface area (Å²) < 4.78 is 3.29. The maximum atomic E-state index is 12.5. The van der Waals surface area contributed by atoms with Crippen molar-refractivity contribution >= 4 is 11.2 Å². The SMILES string of the molecule is CCn1c(CN(Cc2ccccc2)Cc2ccccc2)nc2c1c(=O)[nH]c(=O)n2C. The van der Waals surface area contributed by atoms with Crippen molar-refractivity contribution in [2.75, 3.05) is 0 Å². The third-order valence-electron chi connectivity index (χ3n) is 5.27. The number of nitrogens with one attached hydrogen (secondary N) is 1. The van der Waals surface area contributed by atoms with Gasteiger partial charge in [0.15, 0.2) is 11.2 Å². The Kier molecular flexibility index (Phi) is 5.63. The second-order valence-corrected chi connectivity index (χ2v) is 7.38. The first-order valence-electron chi connectivity index (χ1n) is 10.1. The zero-order valence-electron chi connectivity index (χ0n) is 17.2. The second-order valence-electron chi connectivity index (χ2n) is 7.38. The first-order chi connectivity index (χ1) is 14.6. The van der Waals surface area contributed by atoms with E-state index in [1.165, 1.54) is 15.7 Å². The molecule has 0 radical (unpaired) electrons. The molecule has 2 aromatic heterocycles. The number of aromatic amines is 1. The van der Waals surface area contributed by atoms with Crippen molar-refractivity contribution in [1.82, 2.24) is 24.0 Å². The maximum absolute atomic E-state index is 12.5. The lowest BCUT2D eigenvalue weighted by Crippen LogP contribution is -2.29. The molecule has 0 aliphatic heterocycles. The Morgan fingerprint density at radius 3 is 2.00 bits per heavy atom. The van der Waals surface area contributed by atoms with Crippen molar-refractivity contribution in [2.45, 2.75) is 33.1 Å². The van der Waals surface area contributed by atoms with Crippen LogP contribution in [0.25, 0.3) is 11.2 Å². The molecule has 1 N–H and O–H groups in total. The number of aromatic nitrogens is 4. The van der Waals surface area contributed by atoms with E-state index in [2.05, 4.69) is 34.1 Å². The van der Waals surface area contributed by atoms with E-state index in [9.17, 15) is 9.59 Å².